The molecule has 1 unspecified atom stereocenters. The maximum Gasteiger partial charge on any atom is 0.357 e. The second kappa shape index (κ2) is 8.37. The summed E-state index contributed by atoms with van der Waals surface area (Å²) in [6.07, 6.45) is 2.14. The molecule has 0 saturated heterocycles. The van der Waals surface area contributed by atoms with E-state index < -0.39 is 11.9 Å². The summed E-state index contributed by atoms with van der Waals surface area (Å²) in [4.78, 5) is 25.2. The molecule has 1 N–H and O–H groups in total. The third-order valence-corrected chi connectivity index (χ3v) is 5.54. The van der Waals surface area contributed by atoms with E-state index in [2.05, 4.69) is 10.4 Å². The van der Waals surface area contributed by atoms with Gasteiger partial charge in [0.25, 0.3) is 5.91 Å². The van der Waals surface area contributed by atoms with Gasteiger partial charge in [0, 0.05) is 5.92 Å². The summed E-state index contributed by atoms with van der Waals surface area (Å²) in [7, 11) is 0. The highest BCUT2D eigenvalue weighted by Crippen LogP contribution is 2.40. The number of ether oxygens (including phenoxy) is 3. The highest BCUT2D eigenvalue weighted by atomic mass is 16.7. The quantitative estimate of drug-likeness (QED) is 0.574. The van der Waals surface area contributed by atoms with Gasteiger partial charge in [0.15, 0.2) is 23.8 Å². The van der Waals surface area contributed by atoms with Gasteiger partial charge in [-0.2, -0.15) is 5.10 Å². The van der Waals surface area contributed by atoms with Gasteiger partial charge in [0.05, 0.1) is 17.4 Å². The molecule has 164 valence electrons. The minimum Gasteiger partial charge on any atom is -0.454 e. The first-order valence-electron chi connectivity index (χ1n) is 10.6. The smallest absolute Gasteiger partial charge is 0.357 e. The number of hydrogen-bond donors (Lipinski definition) is 1. The van der Waals surface area contributed by atoms with Crippen LogP contribution in [0.2, 0.25) is 0 Å². The first-order chi connectivity index (χ1) is 15.6. The number of fused-ring (bicyclic) bond motifs is 1. The van der Waals surface area contributed by atoms with Crippen LogP contribution in [0.5, 0.6) is 11.5 Å². The van der Waals surface area contributed by atoms with Crippen LogP contribution in [0.4, 0.5) is 0 Å². The monoisotopic (exact) mass is 433 g/mol. The second-order valence-electron chi connectivity index (χ2n) is 7.95. The Bertz CT molecular complexity index is 1150. The van der Waals surface area contributed by atoms with Gasteiger partial charge < -0.3 is 19.5 Å². The third-order valence-electron chi connectivity index (χ3n) is 5.54. The molecule has 2 heterocycles. The number of carbonyl (C=O) groups excluding carboxylic acids is 2. The zero-order chi connectivity index (χ0) is 22.1. The first-order valence-corrected chi connectivity index (χ1v) is 10.6. The minimum absolute atomic E-state index is 0.192. The van der Waals surface area contributed by atoms with Crippen molar-refractivity contribution in [1.82, 2.24) is 15.1 Å². The highest BCUT2D eigenvalue weighted by Gasteiger charge is 2.29. The van der Waals surface area contributed by atoms with Crippen molar-refractivity contribution >= 4 is 11.9 Å². The average Bonchev–Trinajstić information content (AvgIpc) is 3.39. The molecule has 5 rings (SSSR count). The van der Waals surface area contributed by atoms with Crippen molar-refractivity contribution in [3.8, 4) is 17.2 Å². The van der Waals surface area contributed by atoms with E-state index in [0.717, 1.165) is 29.8 Å². The van der Waals surface area contributed by atoms with Gasteiger partial charge in [-0.3, -0.25) is 4.79 Å². The number of esters is 1. The average molecular weight is 433 g/mol. The SMILES string of the molecule is CC(NC(=O)COC(=O)c1cc(C2CC2)nn1-c1ccccc1)c1ccc2c(c1)OCO2. The van der Waals surface area contributed by atoms with Crippen LogP contribution in [-0.4, -0.2) is 35.1 Å². The zero-order valence-electron chi connectivity index (χ0n) is 17.6. The van der Waals surface area contributed by atoms with E-state index in [1.54, 1.807) is 10.7 Å². The summed E-state index contributed by atoms with van der Waals surface area (Å²) in [6, 6.07) is 16.4. The van der Waals surface area contributed by atoms with Gasteiger partial charge in [0.1, 0.15) is 0 Å². The lowest BCUT2D eigenvalue weighted by Gasteiger charge is -2.15. The zero-order valence-corrected chi connectivity index (χ0v) is 17.6. The molecule has 1 fully saturated rings. The Morgan fingerprint density at radius 2 is 1.91 bits per heavy atom. The van der Waals surface area contributed by atoms with Crippen molar-refractivity contribution in [3.05, 3.63) is 71.5 Å². The molecule has 8 nitrogen and oxygen atoms in total. The Morgan fingerprint density at radius 3 is 2.69 bits per heavy atom. The Hall–Kier alpha value is -3.81. The predicted molar refractivity (Wildman–Crippen MR) is 115 cm³/mol. The lowest BCUT2D eigenvalue weighted by molar-refractivity contribution is -0.124. The van der Waals surface area contributed by atoms with Gasteiger partial charge in [0.2, 0.25) is 6.79 Å². The number of nitrogens with zero attached hydrogens (tertiary/aromatic N) is 2. The van der Waals surface area contributed by atoms with Gasteiger partial charge >= 0.3 is 5.97 Å². The maximum absolute atomic E-state index is 12.8. The molecule has 2 aromatic carbocycles. The molecule has 32 heavy (non-hydrogen) atoms. The molecule has 0 bridgehead atoms. The predicted octanol–water partition coefficient (Wildman–Crippen LogP) is 3.51. The van der Waals surface area contributed by atoms with Gasteiger partial charge in [-0.05, 0) is 55.7 Å². The molecule has 8 heteroatoms. The molecular formula is C24H23N3O5. The van der Waals surface area contributed by atoms with Crippen LogP contribution in [0.1, 0.15) is 53.5 Å². The minimum atomic E-state index is -0.584. The molecule has 1 aromatic heterocycles. The van der Waals surface area contributed by atoms with Crippen LogP contribution < -0.4 is 14.8 Å². The third kappa shape index (κ3) is 4.16. The van der Waals surface area contributed by atoms with Crippen LogP contribution in [0.3, 0.4) is 0 Å². The summed E-state index contributed by atoms with van der Waals surface area (Å²) in [6.45, 7) is 1.66. The van der Waals surface area contributed by atoms with E-state index >= 15 is 0 Å². The summed E-state index contributed by atoms with van der Waals surface area (Å²) in [5.41, 5.74) is 2.83. The van der Waals surface area contributed by atoms with Crippen molar-refractivity contribution in [3.63, 3.8) is 0 Å². The number of hydrogen-bond acceptors (Lipinski definition) is 6. The lowest BCUT2D eigenvalue weighted by Crippen LogP contribution is -2.31. The van der Waals surface area contributed by atoms with E-state index in [-0.39, 0.29) is 19.4 Å². The normalized spacial score (nSPS) is 15.3. The molecule has 2 aliphatic rings. The van der Waals surface area contributed by atoms with Crippen molar-refractivity contribution in [2.24, 2.45) is 0 Å². The lowest BCUT2D eigenvalue weighted by atomic mass is 10.1. The van der Waals surface area contributed by atoms with Crippen molar-refractivity contribution in [2.75, 3.05) is 13.4 Å². The molecular weight excluding hydrogens is 410 g/mol. The van der Waals surface area contributed by atoms with E-state index in [0.29, 0.717) is 23.1 Å². The number of carbonyl (C=O) groups is 2. The first kappa shape index (κ1) is 20.1. The molecule has 1 amide bonds. The van der Waals surface area contributed by atoms with Crippen molar-refractivity contribution in [1.29, 1.82) is 0 Å². The van der Waals surface area contributed by atoms with Gasteiger partial charge in [-0.15, -0.1) is 0 Å². The summed E-state index contributed by atoms with van der Waals surface area (Å²) < 4.78 is 17.6. The van der Waals surface area contributed by atoms with Gasteiger partial charge in [-0.25, -0.2) is 9.48 Å². The van der Waals surface area contributed by atoms with E-state index in [9.17, 15) is 9.59 Å². The summed E-state index contributed by atoms with van der Waals surface area (Å²) in [5, 5.41) is 7.44. The number of rotatable bonds is 7. The molecule has 1 saturated carbocycles. The van der Waals surface area contributed by atoms with E-state index in [4.69, 9.17) is 14.2 Å². The van der Waals surface area contributed by atoms with E-state index in [1.165, 1.54) is 0 Å². The molecule has 1 aliphatic carbocycles. The Labute approximate surface area is 185 Å². The van der Waals surface area contributed by atoms with Gasteiger partial charge in [-0.1, -0.05) is 24.3 Å². The number of amides is 1. The Morgan fingerprint density at radius 1 is 1.12 bits per heavy atom. The molecule has 0 spiro atoms. The Balaban J connectivity index is 1.23. The number of benzene rings is 2. The van der Waals surface area contributed by atoms with Crippen LogP contribution in [0.25, 0.3) is 5.69 Å². The largest absolute Gasteiger partial charge is 0.454 e. The number of aromatic nitrogens is 2. The maximum atomic E-state index is 12.8. The Kier molecular flexibility index (Phi) is 5.26. The molecule has 1 aliphatic heterocycles. The highest BCUT2D eigenvalue weighted by molar-refractivity contribution is 5.90. The number of para-hydroxylation sites is 1. The van der Waals surface area contributed by atoms with E-state index in [1.807, 2.05) is 55.5 Å². The molecule has 3 aromatic rings. The molecule has 0 radical (unpaired) electrons. The second-order valence-corrected chi connectivity index (χ2v) is 7.95. The topological polar surface area (TPSA) is 91.7 Å². The fourth-order valence-electron chi connectivity index (χ4n) is 3.64. The van der Waals surface area contributed by atoms with Crippen LogP contribution in [0.15, 0.2) is 54.6 Å². The fraction of sp³-hybridized carbons (Fsp3) is 0.292. The van der Waals surface area contributed by atoms with Crippen molar-refractivity contribution < 1.29 is 23.8 Å². The van der Waals surface area contributed by atoms with Crippen LogP contribution in [-0.2, 0) is 9.53 Å². The van der Waals surface area contributed by atoms with Crippen molar-refractivity contribution in [2.45, 2.75) is 31.7 Å². The summed E-state index contributed by atoms with van der Waals surface area (Å²) >= 11 is 0. The number of nitrogens with one attached hydrogen (secondary N) is 1. The fourth-order valence-corrected chi connectivity index (χ4v) is 3.64. The summed E-state index contributed by atoms with van der Waals surface area (Å²) in [5.74, 6) is 0.741. The van der Waals surface area contributed by atoms with Crippen LogP contribution in [0, 0.1) is 0 Å². The standard InChI is InChI=1S/C24H23N3O5/c1-15(17-9-10-21-22(11-17)32-14-31-21)25-23(28)13-30-24(29)20-12-19(16-7-8-16)26-27(20)18-5-3-2-4-6-18/h2-6,9-12,15-16H,7-8,13-14H2,1H3,(H,25,28). The molecule has 1 atom stereocenters. The van der Waals surface area contributed by atoms with Crippen LogP contribution >= 0.6 is 0 Å².